The fourth-order valence-electron chi connectivity index (χ4n) is 2.60. The van der Waals surface area contributed by atoms with Crippen LogP contribution < -0.4 is 5.73 Å². The zero-order chi connectivity index (χ0) is 12.5. The van der Waals surface area contributed by atoms with Gasteiger partial charge in [0.1, 0.15) is 11.5 Å². The van der Waals surface area contributed by atoms with E-state index >= 15 is 0 Å². The van der Waals surface area contributed by atoms with Crippen LogP contribution in [0.25, 0.3) is 11.5 Å². The molecule has 0 aromatic carbocycles. The molecule has 2 heterocycles. The Kier molecular flexibility index (Phi) is 3.16. The summed E-state index contributed by atoms with van der Waals surface area (Å²) < 4.78 is 8.19. The highest BCUT2D eigenvalue weighted by Crippen LogP contribution is 2.32. The van der Waals surface area contributed by atoms with Gasteiger partial charge in [-0.1, -0.05) is 19.3 Å². The van der Waals surface area contributed by atoms with E-state index in [9.17, 15) is 0 Å². The van der Waals surface area contributed by atoms with Gasteiger partial charge in [0.25, 0.3) is 0 Å². The molecule has 2 aromatic rings. The van der Waals surface area contributed by atoms with E-state index in [1.54, 1.807) is 0 Å². The quantitative estimate of drug-likeness (QED) is 0.912. The molecule has 4 nitrogen and oxygen atoms in total. The molecule has 0 aliphatic heterocycles. The summed E-state index contributed by atoms with van der Waals surface area (Å²) in [6.07, 6.45) is 6.22. The second-order valence-electron chi connectivity index (χ2n) is 4.79. The third-order valence-electron chi connectivity index (χ3n) is 3.51. The van der Waals surface area contributed by atoms with Crippen LogP contribution in [0.4, 0.5) is 5.82 Å². The van der Waals surface area contributed by atoms with Crippen molar-refractivity contribution in [2.75, 3.05) is 5.73 Å². The van der Waals surface area contributed by atoms with Gasteiger partial charge in [-0.3, -0.25) is 0 Å². The molecule has 0 atom stereocenters. The lowest BCUT2D eigenvalue weighted by atomic mass is 9.96. The summed E-state index contributed by atoms with van der Waals surface area (Å²) in [6.45, 7) is 0. The molecule has 0 spiro atoms. The lowest BCUT2D eigenvalue weighted by molar-refractivity contribution is 0.333. The van der Waals surface area contributed by atoms with Gasteiger partial charge in [0.05, 0.1) is 6.04 Å². The Morgan fingerprint density at radius 3 is 2.72 bits per heavy atom. The number of halogens is 1. The first-order valence-electron chi connectivity index (χ1n) is 6.35. The molecule has 1 aliphatic rings. The Morgan fingerprint density at radius 2 is 2.06 bits per heavy atom. The van der Waals surface area contributed by atoms with Crippen molar-refractivity contribution in [2.45, 2.75) is 38.1 Å². The van der Waals surface area contributed by atoms with Crippen molar-refractivity contribution in [1.82, 2.24) is 9.78 Å². The van der Waals surface area contributed by atoms with Crippen molar-refractivity contribution in [2.24, 2.45) is 0 Å². The van der Waals surface area contributed by atoms with E-state index in [0.717, 1.165) is 17.3 Å². The van der Waals surface area contributed by atoms with Crippen LogP contribution in [0.15, 0.2) is 27.3 Å². The minimum Gasteiger partial charge on any atom is -0.448 e. The third-order valence-corrected chi connectivity index (χ3v) is 3.94. The smallest absolute Gasteiger partial charge is 0.169 e. The molecule has 0 bridgehead atoms. The molecule has 0 radical (unpaired) electrons. The molecule has 2 N–H and O–H groups in total. The maximum Gasteiger partial charge on any atom is 0.169 e. The van der Waals surface area contributed by atoms with Crippen LogP contribution >= 0.6 is 15.9 Å². The first-order chi connectivity index (χ1) is 8.74. The topological polar surface area (TPSA) is 57.0 Å². The van der Waals surface area contributed by atoms with Gasteiger partial charge in [-0.2, -0.15) is 5.10 Å². The van der Waals surface area contributed by atoms with E-state index in [0.29, 0.717) is 10.7 Å². The summed E-state index contributed by atoms with van der Waals surface area (Å²) in [5.41, 5.74) is 6.87. The third kappa shape index (κ3) is 2.19. The maximum atomic E-state index is 6.06. The minimum absolute atomic E-state index is 0.450. The second kappa shape index (κ2) is 4.80. The normalized spacial score (nSPS) is 17.2. The van der Waals surface area contributed by atoms with Gasteiger partial charge in [0.2, 0.25) is 0 Å². The van der Waals surface area contributed by atoms with Crippen LogP contribution in [0.1, 0.15) is 38.1 Å². The monoisotopic (exact) mass is 309 g/mol. The van der Waals surface area contributed by atoms with Gasteiger partial charge in [-0.15, -0.1) is 0 Å². The zero-order valence-corrected chi connectivity index (χ0v) is 11.7. The van der Waals surface area contributed by atoms with Crippen LogP contribution in [0, 0.1) is 0 Å². The van der Waals surface area contributed by atoms with Crippen molar-refractivity contribution >= 4 is 21.7 Å². The summed E-state index contributed by atoms with van der Waals surface area (Å²) in [7, 11) is 0. The number of hydrogen-bond donors (Lipinski definition) is 1. The van der Waals surface area contributed by atoms with Gasteiger partial charge >= 0.3 is 0 Å². The van der Waals surface area contributed by atoms with Crippen molar-refractivity contribution < 1.29 is 4.42 Å². The molecule has 1 aliphatic carbocycles. The van der Waals surface area contributed by atoms with Crippen LogP contribution in [0.2, 0.25) is 0 Å². The van der Waals surface area contributed by atoms with E-state index in [1.165, 1.54) is 32.1 Å². The van der Waals surface area contributed by atoms with E-state index in [2.05, 4.69) is 21.0 Å². The number of nitrogen functional groups attached to an aromatic ring is 1. The summed E-state index contributed by atoms with van der Waals surface area (Å²) >= 11 is 3.30. The molecule has 1 saturated carbocycles. The van der Waals surface area contributed by atoms with Crippen molar-refractivity contribution in [3.8, 4) is 11.5 Å². The number of nitrogens with zero attached hydrogens (tertiary/aromatic N) is 2. The van der Waals surface area contributed by atoms with E-state index in [-0.39, 0.29) is 0 Å². The Hall–Kier alpha value is -1.23. The van der Waals surface area contributed by atoms with Crippen LogP contribution in [0.3, 0.4) is 0 Å². The molecule has 1 fully saturated rings. The number of hydrogen-bond acceptors (Lipinski definition) is 3. The lowest BCUT2D eigenvalue weighted by Gasteiger charge is -2.22. The molecule has 2 aromatic heterocycles. The fraction of sp³-hybridized carbons (Fsp3) is 0.462. The lowest BCUT2D eigenvalue weighted by Crippen LogP contribution is -2.16. The number of rotatable bonds is 2. The van der Waals surface area contributed by atoms with Gasteiger partial charge in [0.15, 0.2) is 10.4 Å². The summed E-state index contributed by atoms with van der Waals surface area (Å²) in [4.78, 5) is 0. The van der Waals surface area contributed by atoms with E-state index in [1.807, 2.05) is 22.9 Å². The highest BCUT2D eigenvalue weighted by atomic mass is 79.9. The molecule has 3 rings (SSSR count). The second-order valence-corrected chi connectivity index (χ2v) is 5.58. The molecule has 5 heteroatoms. The van der Waals surface area contributed by atoms with Crippen LogP contribution in [-0.4, -0.2) is 9.78 Å². The molecule has 18 heavy (non-hydrogen) atoms. The summed E-state index contributed by atoms with van der Waals surface area (Å²) in [6, 6.07) is 6.10. The molecule has 0 saturated heterocycles. The average molecular weight is 310 g/mol. The van der Waals surface area contributed by atoms with Gasteiger partial charge in [-0.25, -0.2) is 4.68 Å². The highest BCUT2D eigenvalue weighted by molar-refractivity contribution is 9.10. The van der Waals surface area contributed by atoms with E-state index in [4.69, 9.17) is 10.2 Å². The fourth-order valence-corrected chi connectivity index (χ4v) is 2.91. The molecule has 0 unspecified atom stereocenters. The Labute approximate surface area is 114 Å². The van der Waals surface area contributed by atoms with Gasteiger partial charge in [-0.05, 0) is 40.9 Å². The summed E-state index contributed by atoms with van der Waals surface area (Å²) in [5, 5.41) is 4.59. The number of anilines is 1. The Bertz CT molecular complexity index is 540. The van der Waals surface area contributed by atoms with Gasteiger partial charge < -0.3 is 10.2 Å². The van der Waals surface area contributed by atoms with Crippen LogP contribution in [0.5, 0.6) is 0 Å². The Balaban J connectivity index is 1.90. The van der Waals surface area contributed by atoms with Crippen molar-refractivity contribution in [3.63, 3.8) is 0 Å². The Morgan fingerprint density at radius 1 is 1.28 bits per heavy atom. The highest BCUT2D eigenvalue weighted by Gasteiger charge is 2.20. The average Bonchev–Trinajstić information content (AvgIpc) is 2.97. The zero-order valence-electron chi connectivity index (χ0n) is 10.1. The number of aromatic nitrogens is 2. The first kappa shape index (κ1) is 11.8. The SMILES string of the molecule is Nc1cc(-c2ccc(Br)o2)nn1C1CCCCC1. The predicted molar refractivity (Wildman–Crippen MR) is 74.2 cm³/mol. The first-order valence-corrected chi connectivity index (χ1v) is 7.14. The minimum atomic E-state index is 0.450. The predicted octanol–water partition coefficient (Wildman–Crippen LogP) is 3.99. The van der Waals surface area contributed by atoms with Crippen LogP contribution in [-0.2, 0) is 0 Å². The molecular weight excluding hydrogens is 294 g/mol. The van der Waals surface area contributed by atoms with Crippen molar-refractivity contribution in [3.05, 3.63) is 22.9 Å². The molecular formula is C13H16BrN3O. The largest absolute Gasteiger partial charge is 0.448 e. The standard InChI is InChI=1S/C13H16BrN3O/c14-12-7-6-11(18-12)10-8-13(15)17(16-10)9-4-2-1-3-5-9/h6-9H,1-5,15H2. The molecule has 0 amide bonds. The number of furan rings is 1. The van der Waals surface area contributed by atoms with E-state index < -0.39 is 0 Å². The van der Waals surface area contributed by atoms with Crippen molar-refractivity contribution in [1.29, 1.82) is 0 Å². The molecule has 96 valence electrons. The summed E-state index contributed by atoms with van der Waals surface area (Å²) in [5.74, 6) is 1.48. The number of nitrogens with two attached hydrogens (primary N) is 1. The maximum absolute atomic E-state index is 6.06. The van der Waals surface area contributed by atoms with Gasteiger partial charge in [0, 0.05) is 6.07 Å².